The molecule has 7 nitrogen and oxygen atoms in total. The van der Waals surface area contributed by atoms with Crippen LogP contribution in [-0.2, 0) is 16.0 Å². The number of fused-ring (bicyclic) bond motifs is 5. The highest BCUT2D eigenvalue weighted by molar-refractivity contribution is 5.96. The van der Waals surface area contributed by atoms with Gasteiger partial charge in [0.05, 0.1) is 23.3 Å². The number of nitrogens with zero attached hydrogens (tertiary/aromatic N) is 1. The minimum atomic E-state index is -0.850. The SMILES string of the molecule is O=C(Cc1ccc2c(c1)cc1n2C(c2cc(F)cc(F)c2)Oc2cc(NC(=O)[C@@H]3CC4(CC4)CN3)ccc2-1)[C@@H]1CC2(CC2)CN1. The molecule has 4 aromatic rings. The first-order chi connectivity index (χ1) is 21.8. The molecule has 4 heterocycles. The van der Waals surface area contributed by atoms with Crippen molar-refractivity contribution in [1.82, 2.24) is 15.2 Å². The molecule has 4 fully saturated rings. The second kappa shape index (κ2) is 9.71. The Labute approximate surface area is 259 Å². The fourth-order valence-corrected chi connectivity index (χ4v) is 7.79. The Balaban J connectivity index is 1.06. The molecule has 45 heavy (non-hydrogen) atoms. The van der Waals surface area contributed by atoms with Crippen LogP contribution in [0.4, 0.5) is 14.5 Å². The number of hydrogen-bond acceptors (Lipinski definition) is 5. The quantitative estimate of drug-likeness (QED) is 0.256. The molecule has 3 atom stereocenters. The van der Waals surface area contributed by atoms with Crippen molar-refractivity contribution < 1.29 is 23.1 Å². The zero-order valence-electron chi connectivity index (χ0n) is 24.8. The molecule has 3 aromatic carbocycles. The van der Waals surface area contributed by atoms with Gasteiger partial charge in [-0.1, -0.05) is 6.07 Å². The van der Waals surface area contributed by atoms with E-state index in [4.69, 9.17) is 4.74 Å². The third-order valence-corrected chi connectivity index (χ3v) is 10.8. The van der Waals surface area contributed by atoms with Gasteiger partial charge in [-0.2, -0.15) is 0 Å². The molecule has 2 spiro atoms. The van der Waals surface area contributed by atoms with Gasteiger partial charge in [0.2, 0.25) is 12.1 Å². The van der Waals surface area contributed by atoms with Crippen LogP contribution in [0.1, 0.15) is 55.9 Å². The Morgan fingerprint density at radius 2 is 1.58 bits per heavy atom. The third-order valence-electron chi connectivity index (χ3n) is 10.8. The summed E-state index contributed by atoms with van der Waals surface area (Å²) < 4.78 is 37.4. The molecule has 2 aliphatic carbocycles. The van der Waals surface area contributed by atoms with E-state index in [1.165, 1.54) is 37.8 Å². The fourth-order valence-electron chi connectivity index (χ4n) is 7.79. The zero-order valence-corrected chi connectivity index (χ0v) is 24.8. The largest absolute Gasteiger partial charge is 0.465 e. The Bertz CT molecular complexity index is 1890. The van der Waals surface area contributed by atoms with Gasteiger partial charge in [0.1, 0.15) is 17.4 Å². The van der Waals surface area contributed by atoms with E-state index in [2.05, 4.69) is 16.0 Å². The molecule has 1 unspecified atom stereocenters. The number of carbonyl (C=O) groups is 2. The summed E-state index contributed by atoms with van der Waals surface area (Å²) in [6.07, 6.45) is 6.02. The van der Waals surface area contributed by atoms with Crippen LogP contribution in [0.25, 0.3) is 22.2 Å². The number of ketones is 1. The van der Waals surface area contributed by atoms with Crippen LogP contribution in [-0.4, -0.2) is 41.4 Å². The fraction of sp³-hybridized carbons (Fsp3) is 0.389. The van der Waals surface area contributed by atoms with Crippen LogP contribution >= 0.6 is 0 Å². The second-order valence-electron chi connectivity index (χ2n) is 14.1. The van der Waals surface area contributed by atoms with E-state index < -0.39 is 17.9 Å². The maximum Gasteiger partial charge on any atom is 0.241 e. The molecular formula is C36H34F2N4O3. The average molecular weight is 609 g/mol. The van der Waals surface area contributed by atoms with Gasteiger partial charge >= 0.3 is 0 Å². The molecule has 230 valence electrons. The number of halogens is 2. The number of rotatable bonds is 6. The van der Waals surface area contributed by atoms with Crippen molar-refractivity contribution in [2.45, 2.75) is 63.3 Å². The van der Waals surface area contributed by atoms with Gasteiger partial charge in [0.15, 0.2) is 5.78 Å². The summed E-state index contributed by atoms with van der Waals surface area (Å²) in [6.45, 7) is 1.81. The van der Waals surface area contributed by atoms with E-state index >= 15 is 0 Å². The lowest BCUT2D eigenvalue weighted by Gasteiger charge is -2.30. The summed E-state index contributed by atoms with van der Waals surface area (Å²) >= 11 is 0. The molecule has 3 aliphatic heterocycles. The van der Waals surface area contributed by atoms with Crippen LogP contribution in [0, 0.1) is 22.5 Å². The summed E-state index contributed by atoms with van der Waals surface area (Å²) in [5, 5.41) is 10.7. The van der Waals surface area contributed by atoms with Crippen LogP contribution in [0.15, 0.2) is 60.7 Å². The number of nitrogens with one attached hydrogen (secondary N) is 3. The molecular weight excluding hydrogens is 574 g/mol. The molecule has 1 aromatic heterocycles. The smallest absolute Gasteiger partial charge is 0.241 e. The molecule has 5 aliphatic rings. The number of carbonyl (C=O) groups excluding carboxylic acids is 2. The first kappa shape index (κ1) is 27.2. The van der Waals surface area contributed by atoms with Gasteiger partial charge < -0.3 is 25.3 Å². The zero-order chi connectivity index (χ0) is 30.5. The Morgan fingerprint density at radius 1 is 0.867 bits per heavy atom. The number of anilines is 1. The monoisotopic (exact) mass is 608 g/mol. The lowest BCUT2D eigenvalue weighted by molar-refractivity contribution is -0.120. The Morgan fingerprint density at radius 3 is 2.29 bits per heavy atom. The van der Waals surface area contributed by atoms with E-state index in [9.17, 15) is 18.4 Å². The number of Topliss-reactive ketones (excluding diaryl/α,β-unsaturated/α-hetero) is 1. The number of benzene rings is 3. The Hall–Kier alpha value is -4.08. The van der Waals surface area contributed by atoms with Crippen molar-refractivity contribution in [2.75, 3.05) is 18.4 Å². The second-order valence-corrected chi connectivity index (χ2v) is 14.1. The van der Waals surface area contributed by atoms with Gasteiger partial charge in [-0.3, -0.25) is 9.59 Å². The topological polar surface area (TPSA) is 84.4 Å². The first-order valence-corrected chi connectivity index (χ1v) is 16.0. The van der Waals surface area contributed by atoms with Gasteiger partial charge in [-0.05, 0) is 97.4 Å². The predicted octanol–water partition coefficient (Wildman–Crippen LogP) is 5.86. The third kappa shape index (κ3) is 4.75. The van der Waals surface area contributed by atoms with E-state index in [-0.39, 0.29) is 23.8 Å². The highest BCUT2D eigenvalue weighted by Gasteiger charge is 2.50. The standard InChI is InChI=1S/C36H34F2N4O3/c37-23-11-22(12-24(38)14-23)34-42-29-4-1-20(10-31(43)27-16-35(5-6-35)18-39-27)9-21(29)13-30(42)26-3-2-25(15-32(26)45-34)41-33(44)28-17-36(7-8-36)19-40-28/h1-4,9,11-15,27-28,34,39-40H,5-8,10,16-19H2,(H,41,44)/t27-,28-,34?/m0/s1. The Kier molecular flexibility index (Phi) is 5.88. The van der Waals surface area contributed by atoms with E-state index in [1.54, 1.807) is 6.07 Å². The van der Waals surface area contributed by atoms with Crippen molar-refractivity contribution in [3.63, 3.8) is 0 Å². The summed E-state index contributed by atoms with van der Waals surface area (Å²) in [5.74, 6) is -0.740. The molecule has 0 radical (unpaired) electrons. The normalized spacial score (nSPS) is 24.8. The minimum absolute atomic E-state index is 0.0745. The van der Waals surface area contributed by atoms with Gasteiger partial charge in [0.25, 0.3) is 0 Å². The number of amides is 1. The van der Waals surface area contributed by atoms with Crippen LogP contribution in [0.5, 0.6) is 5.75 Å². The summed E-state index contributed by atoms with van der Waals surface area (Å²) in [5.41, 5.74) is 4.95. The van der Waals surface area contributed by atoms with Crippen LogP contribution in [0.3, 0.4) is 0 Å². The van der Waals surface area contributed by atoms with Crippen LogP contribution < -0.4 is 20.7 Å². The summed E-state index contributed by atoms with van der Waals surface area (Å²) in [6, 6.07) is 16.6. The average Bonchev–Trinajstić information content (AvgIpc) is 3.77. The molecule has 1 amide bonds. The van der Waals surface area contributed by atoms with Crippen LogP contribution in [0.2, 0.25) is 0 Å². The highest BCUT2D eigenvalue weighted by atomic mass is 19.1. The van der Waals surface area contributed by atoms with Gasteiger partial charge in [-0.25, -0.2) is 8.78 Å². The molecule has 2 saturated heterocycles. The highest BCUT2D eigenvalue weighted by Crippen LogP contribution is 2.53. The maximum absolute atomic E-state index is 14.5. The molecule has 2 saturated carbocycles. The summed E-state index contributed by atoms with van der Waals surface area (Å²) in [4.78, 5) is 26.2. The van der Waals surface area contributed by atoms with Crippen molar-refractivity contribution in [1.29, 1.82) is 0 Å². The van der Waals surface area contributed by atoms with Crippen molar-refractivity contribution in [3.8, 4) is 17.0 Å². The van der Waals surface area contributed by atoms with E-state index in [1.807, 2.05) is 41.0 Å². The molecule has 9 rings (SSSR count). The summed E-state index contributed by atoms with van der Waals surface area (Å²) in [7, 11) is 0. The molecule has 0 bridgehead atoms. The van der Waals surface area contributed by atoms with Gasteiger partial charge in [-0.15, -0.1) is 0 Å². The number of aromatic nitrogens is 1. The first-order valence-electron chi connectivity index (χ1n) is 16.0. The van der Waals surface area contributed by atoms with Crippen molar-refractivity contribution >= 4 is 28.3 Å². The lowest BCUT2D eigenvalue weighted by atomic mass is 9.97. The molecule has 9 heteroatoms. The lowest BCUT2D eigenvalue weighted by Crippen LogP contribution is -2.35. The minimum Gasteiger partial charge on any atom is -0.465 e. The van der Waals surface area contributed by atoms with Crippen molar-refractivity contribution in [2.24, 2.45) is 10.8 Å². The predicted molar refractivity (Wildman–Crippen MR) is 166 cm³/mol. The number of hydrogen-bond donors (Lipinski definition) is 3. The maximum atomic E-state index is 14.5. The number of ether oxygens (including phenoxy) is 1. The van der Waals surface area contributed by atoms with Crippen molar-refractivity contribution in [3.05, 3.63) is 83.4 Å². The molecule has 3 N–H and O–H groups in total. The van der Waals surface area contributed by atoms with E-state index in [0.29, 0.717) is 34.3 Å². The van der Waals surface area contributed by atoms with Gasteiger partial charge in [0, 0.05) is 53.8 Å². The van der Waals surface area contributed by atoms with E-state index in [0.717, 1.165) is 59.7 Å².